The molecular formula is C13H19N3O4S. The van der Waals surface area contributed by atoms with E-state index in [2.05, 4.69) is 15.3 Å². The SMILES string of the molecule is Cc1noc(C)c1CS(=O)(=O)Cc1nc(C(C)(C)C)no1. The van der Waals surface area contributed by atoms with Crippen molar-refractivity contribution in [2.24, 2.45) is 0 Å². The maximum Gasteiger partial charge on any atom is 0.241 e. The molecule has 2 rings (SSSR count). The van der Waals surface area contributed by atoms with Crippen molar-refractivity contribution in [3.8, 4) is 0 Å². The third-order valence-corrected chi connectivity index (χ3v) is 4.44. The van der Waals surface area contributed by atoms with Crippen LogP contribution in [-0.2, 0) is 26.8 Å². The number of sulfone groups is 1. The molecular weight excluding hydrogens is 294 g/mol. The van der Waals surface area contributed by atoms with E-state index >= 15 is 0 Å². The molecule has 0 aromatic carbocycles. The number of aromatic nitrogens is 3. The van der Waals surface area contributed by atoms with Gasteiger partial charge in [0.05, 0.1) is 11.4 Å². The molecule has 8 heteroatoms. The molecule has 2 aromatic rings. The van der Waals surface area contributed by atoms with Crippen LogP contribution in [0.3, 0.4) is 0 Å². The van der Waals surface area contributed by atoms with Crippen LogP contribution >= 0.6 is 0 Å². The van der Waals surface area contributed by atoms with Crippen LogP contribution in [0, 0.1) is 13.8 Å². The smallest absolute Gasteiger partial charge is 0.241 e. The lowest BCUT2D eigenvalue weighted by molar-refractivity contribution is 0.371. The normalized spacial score (nSPS) is 12.8. The Hall–Kier alpha value is -1.70. The van der Waals surface area contributed by atoms with Crippen molar-refractivity contribution in [3.63, 3.8) is 0 Å². The van der Waals surface area contributed by atoms with Gasteiger partial charge in [0.15, 0.2) is 15.7 Å². The largest absolute Gasteiger partial charge is 0.361 e. The number of nitrogens with zero attached hydrogens (tertiary/aromatic N) is 3. The summed E-state index contributed by atoms with van der Waals surface area (Å²) in [5.74, 6) is 0.662. The average Bonchev–Trinajstić information content (AvgIpc) is 2.90. The van der Waals surface area contributed by atoms with Gasteiger partial charge in [-0.3, -0.25) is 0 Å². The highest BCUT2D eigenvalue weighted by molar-refractivity contribution is 7.89. The molecule has 0 aliphatic rings. The summed E-state index contributed by atoms with van der Waals surface area (Å²) in [4.78, 5) is 4.14. The lowest BCUT2D eigenvalue weighted by Crippen LogP contribution is -2.14. The molecule has 0 unspecified atom stereocenters. The predicted molar refractivity (Wildman–Crippen MR) is 75.3 cm³/mol. The van der Waals surface area contributed by atoms with Crippen LogP contribution in [0.4, 0.5) is 0 Å². The van der Waals surface area contributed by atoms with Gasteiger partial charge in [-0.1, -0.05) is 31.1 Å². The van der Waals surface area contributed by atoms with E-state index in [1.165, 1.54) is 0 Å². The van der Waals surface area contributed by atoms with Gasteiger partial charge in [-0.05, 0) is 13.8 Å². The zero-order chi connectivity index (χ0) is 15.8. The lowest BCUT2D eigenvalue weighted by atomic mass is 9.96. The van der Waals surface area contributed by atoms with Gasteiger partial charge in [0, 0.05) is 11.0 Å². The Bertz CT molecular complexity index is 718. The van der Waals surface area contributed by atoms with E-state index in [1.807, 2.05) is 20.8 Å². The number of rotatable bonds is 4. The molecule has 0 aliphatic heterocycles. The van der Waals surface area contributed by atoms with Gasteiger partial charge in [0.2, 0.25) is 5.89 Å². The van der Waals surface area contributed by atoms with Gasteiger partial charge < -0.3 is 9.05 Å². The molecule has 0 atom stereocenters. The third-order valence-electron chi connectivity index (χ3n) is 3.03. The number of hydrogen-bond donors (Lipinski definition) is 0. The minimum Gasteiger partial charge on any atom is -0.361 e. The fraction of sp³-hybridized carbons (Fsp3) is 0.615. The Labute approximate surface area is 123 Å². The van der Waals surface area contributed by atoms with Crippen LogP contribution in [0.25, 0.3) is 0 Å². The molecule has 7 nitrogen and oxygen atoms in total. The predicted octanol–water partition coefficient (Wildman–Crippen LogP) is 2.09. The summed E-state index contributed by atoms with van der Waals surface area (Å²) in [7, 11) is -3.43. The van der Waals surface area contributed by atoms with Gasteiger partial charge in [0.1, 0.15) is 11.5 Å². The second kappa shape index (κ2) is 5.25. The van der Waals surface area contributed by atoms with Crippen molar-refractivity contribution in [1.29, 1.82) is 0 Å². The van der Waals surface area contributed by atoms with Crippen LogP contribution in [0.15, 0.2) is 9.05 Å². The fourth-order valence-electron chi connectivity index (χ4n) is 1.79. The van der Waals surface area contributed by atoms with Crippen LogP contribution in [0.1, 0.15) is 49.5 Å². The van der Waals surface area contributed by atoms with E-state index in [-0.39, 0.29) is 22.8 Å². The molecule has 0 N–H and O–H groups in total. The van der Waals surface area contributed by atoms with Gasteiger partial charge in [-0.15, -0.1) is 0 Å². The van der Waals surface area contributed by atoms with Crippen molar-refractivity contribution in [1.82, 2.24) is 15.3 Å². The van der Waals surface area contributed by atoms with Crippen molar-refractivity contribution < 1.29 is 17.5 Å². The van der Waals surface area contributed by atoms with Gasteiger partial charge >= 0.3 is 0 Å². The zero-order valence-corrected chi connectivity index (χ0v) is 13.6. The first-order valence-electron chi connectivity index (χ1n) is 6.54. The lowest BCUT2D eigenvalue weighted by Gasteiger charge is -2.10. The summed E-state index contributed by atoms with van der Waals surface area (Å²) in [6, 6.07) is 0. The molecule has 0 fully saturated rings. The Morgan fingerprint density at radius 3 is 2.19 bits per heavy atom. The first-order valence-corrected chi connectivity index (χ1v) is 8.36. The monoisotopic (exact) mass is 313 g/mol. The van der Waals surface area contributed by atoms with Crippen LogP contribution in [-0.4, -0.2) is 23.7 Å². The summed E-state index contributed by atoms with van der Waals surface area (Å²) in [5.41, 5.74) is 0.884. The molecule has 0 aliphatic carbocycles. The summed E-state index contributed by atoms with van der Waals surface area (Å²) < 4.78 is 34.5. The summed E-state index contributed by atoms with van der Waals surface area (Å²) >= 11 is 0. The van der Waals surface area contributed by atoms with Crippen LogP contribution < -0.4 is 0 Å². The highest BCUT2D eigenvalue weighted by Crippen LogP contribution is 2.21. The van der Waals surface area contributed by atoms with Crippen molar-refractivity contribution in [3.05, 3.63) is 28.7 Å². The minimum atomic E-state index is -3.43. The molecule has 0 amide bonds. The molecule has 0 bridgehead atoms. The van der Waals surface area contributed by atoms with Gasteiger partial charge in [-0.2, -0.15) is 4.98 Å². The van der Waals surface area contributed by atoms with Crippen LogP contribution in [0.5, 0.6) is 0 Å². The van der Waals surface area contributed by atoms with Crippen molar-refractivity contribution in [2.75, 3.05) is 0 Å². The maximum absolute atomic E-state index is 12.2. The Morgan fingerprint density at radius 2 is 1.71 bits per heavy atom. The van der Waals surface area contributed by atoms with E-state index in [4.69, 9.17) is 9.05 Å². The quantitative estimate of drug-likeness (QED) is 0.852. The highest BCUT2D eigenvalue weighted by Gasteiger charge is 2.25. The second-order valence-corrected chi connectivity index (χ2v) is 8.16. The van der Waals surface area contributed by atoms with E-state index < -0.39 is 9.84 Å². The van der Waals surface area contributed by atoms with Crippen molar-refractivity contribution >= 4 is 9.84 Å². The Balaban J connectivity index is 2.17. The third kappa shape index (κ3) is 3.69. The first kappa shape index (κ1) is 15.7. The molecule has 0 spiro atoms. The molecule has 21 heavy (non-hydrogen) atoms. The summed E-state index contributed by atoms with van der Waals surface area (Å²) in [6.07, 6.45) is 0. The molecule has 116 valence electrons. The number of hydrogen-bond acceptors (Lipinski definition) is 7. The Morgan fingerprint density at radius 1 is 1.05 bits per heavy atom. The summed E-state index contributed by atoms with van der Waals surface area (Å²) in [6.45, 7) is 9.20. The van der Waals surface area contributed by atoms with Crippen LogP contribution in [0.2, 0.25) is 0 Å². The van der Waals surface area contributed by atoms with E-state index in [0.717, 1.165) is 0 Å². The maximum atomic E-state index is 12.2. The van der Waals surface area contributed by atoms with Gasteiger partial charge in [0.25, 0.3) is 0 Å². The molecule has 0 saturated heterocycles. The minimum absolute atomic E-state index is 0.103. The van der Waals surface area contributed by atoms with Crippen molar-refractivity contribution in [2.45, 2.75) is 51.5 Å². The standard InChI is InChI=1S/C13H19N3O4S/c1-8-10(9(2)19-15-8)6-21(17,18)7-11-14-12(16-20-11)13(3,4)5/h6-7H2,1-5H3. The zero-order valence-electron chi connectivity index (χ0n) is 12.8. The van der Waals surface area contributed by atoms with E-state index in [1.54, 1.807) is 13.8 Å². The average molecular weight is 313 g/mol. The highest BCUT2D eigenvalue weighted by atomic mass is 32.2. The Kier molecular flexibility index (Phi) is 3.92. The summed E-state index contributed by atoms with van der Waals surface area (Å²) in [5, 5.41) is 7.58. The second-order valence-electron chi connectivity index (χ2n) is 6.10. The topological polar surface area (TPSA) is 99.1 Å². The molecule has 0 radical (unpaired) electrons. The van der Waals surface area contributed by atoms with E-state index in [9.17, 15) is 8.42 Å². The molecule has 0 saturated carbocycles. The van der Waals surface area contributed by atoms with Gasteiger partial charge in [-0.25, -0.2) is 8.42 Å². The first-order chi connectivity index (χ1) is 9.58. The fourth-order valence-corrected chi connectivity index (χ4v) is 3.23. The molecule has 2 heterocycles. The van der Waals surface area contributed by atoms with E-state index in [0.29, 0.717) is 22.8 Å². The molecule has 2 aromatic heterocycles. The number of aryl methyl sites for hydroxylation is 2.